The second-order valence-corrected chi connectivity index (χ2v) is 6.64. The van der Waals surface area contributed by atoms with Crippen LogP contribution in [0.5, 0.6) is 5.75 Å². The summed E-state index contributed by atoms with van der Waals surface area (Å²) >= 11 is 0. The lowest BCUT2D eigenvalue weighted by Gasteiger charge is -2.24. The summed E-state index contributed by atoms with van der Waals surface area (Å²) in [6.45, 7) is 0.235. The van der Waals surface area contributed by atoms with Gasteiger partial charge in [-0.15, -0.1) is 0 Å². The number of carbonyl (C=O) groups is 1. The van der Waals surface area contributed by atoms with Gasteiger partial charge in [0.1, 0.15) is 5.75 Å². The first-order chi connectivity index (χ1) is 11.2. The molecule has 1 aliphatic carbocycles. The molecule has 4 atom stereocenters. The van der Waals surface area contributed by atoms with Gasteiger partial charge in [0, 0.05) is 12.6 Å². The molecular formula is C18H26N2O3. The van der Waals surface area contributed by atoms with E-state index in [0.717, 1.165) is 17.7 Å². The second-order valence-electron chi connectivity index (χ2n) is 6.64. The van der Waals surface area contributed by atoms with Crippen LogP contribution in [0.25, 0.3) is 0 Å². The van der Waals surface area contributed by atoms with E-state index >= 15 is 0 Å². The number of methoxy groups -OCH3 is 1. The van der Waals surface area contributed by atoms with E-state index in [2.05, 4.69) is 10.6 Å². The summed E-state index contributed by atoms with van der Waals surface area (Å²) in [5.74, 6) is 1.40. The highest BCUT2D eigenvalue weighted by molar-refractivity contribution is 5.82. The smallest absolute Gasteiger partial charge is 0.237 e. The first-order valence-corrected chi connectivity index (χ1v) is 8.53. The van der Waals surface area contributed by atoms with Crippen molar-refractivity contribution >= 4 is 5.91 Å². The van der Waals surface area contributed by atoms with Gasteiger partial charge in [0.15, 0.2) is 0 Å². The zero-order chi connectivity index (χ0) is 16.2. The maximum absolute atomic E-state index is 12.3. The first kappa shape index (κ1) is 16.3. The Balaban J connectivity index is 1.48. The van der Waals surface area contributed by atoms with Gasteiger partial charge in [-0.1, -0.05) is 25.0 Å². The molecule has 1 amide bonds. The second kappa shape index (κ2) is 7.32. The zero-order valence-corrected chi connectivity index (χ0v) is 13.6. The van der Waals surface area contributed by atoms with Gasteiger partial charge in [-0.25, -0.2) is 0 Å². The summed E-state index contributed by atoms with van der Waals surface area (Å²) in [4.78, 5) is 12.3. The fourth-order valence-corrected chi connectivity index (χ4v) is 3.79. The number of fused-ring (bicyclic) bond motifs is 1. The van der Waals surface area contributed by atoms with Crippen molar-refractivity contribution in [1.82, 2.24) is 10.6 Å². The van der Waals surface area contributed by atoms with Gasteiger partial charge in [0.05, 0.1) is 19.3 Å². The standard InChI is InChI=1S/C18H26N2O3/c1-23-14-8-6-12(7-9-14)17(21)11-19-18(22)16-10-13-4-2-3-5-15(13)20-16/h6-9,13,15-17,20-21H,2-5,10-11H2,1H3,(H,19,22). The molecule has 0 spiro atoms. The van der Waals surface area contributed by atoms with Crippen molar-refractivity contribution in [1.29, 1.82) is 0 Å². The minimum absolute atomic E-state index is 0.00645. The Morgan fingerprint density at radius 2 is 2.09 bits per heavy atom. The average molecular weight is 318 g/mol. The van der Waals surface area contributed by atoms with E-state index < -0.39 is 6.10 Å². The van der Waals surface area contributed by atoms with Crippen molar-refractivity contribution in [2.45, 2.75) is 50.3 Å². The van der Waals surface area contributed by atoms with E-state index in [1.807, 2.05) is 24.3 Å². The highest BCUT2D eigenvalue weighted by Gasteiger charge is 2.38. The van der Waals surface area contributed by atoms with Gasteiger partial charge in [0.25, 0.3) is 0 Å². The predicted octanol–water partition coefficient (Wildman–Crippen LogP) is 1.77. The third kappa shape index (κ3) is 3.85. The summed E-state index contributed by atoms with van der Waals surface area (Å²) in [6, 6.07) is 7.65. The van der Waals surface area contributed by atoms with Crippen molar-refractivity contribution in [2.75, 3.05) is 13.7 Å². The summed E-state index contributed by atoms with van der Waals surface area (Å²) in [7, 11) is 1.61. The third-order valence-corrected chi connectivity index (χ3v) is 5.15. The van der Waals surface area contributed by atoms with Crippen molar-refractivity contribution in [3.63, 3.8) is 0 Å². The Kier molecular flexibility index (Phi) is 5.18. The lowest BCUT2D eigenvalue weighted by Crippen LogP contribution is -2.44. The molecule has 1 heterocycles. The number of aliphatic hydroxyl groups is 1. The average Bonchev–Trinajstić information content (AvgIpc) is 3.03. The van der Waals surface area contributed by atoms with E-state index in [4.69, 9.17) is 4.74 Å². The normalized spacial score (nSPS) is 28.0. The molecule has 3 rings (SSSR count). The zero-order valence-electron chi connectivity index (χ0n) is 13.6. The van der Waals surface area contributed by atoms with Crippen molar-refractivity contribution in [3.05, 3.63) is 29.8 Å². The molecule has 1 aromatic rings. The molecule has 1 saturated carbocycles. The van der Waals surface area contributed by atoms with Crippen LogP contribution >= 0.6 is 0 Å². The highest BCUT2D eigenvalue weighted by atomic mass is 16.5. The van der Waals surface area contributed by atoms with Crippen LogP contribution in [0.4, 0.5) is 0 Å². The van der Waals surface area contributed by atoms with E-state index in [-0.39, 0.29) is 18.5 Å². The molecule has 1 aromatic carbocycles. The van der Waals surface area contributed by atoms with E-state index in [0.29, 0.717) is 12.0 Å². The molecule has 126 valence electrons. The van der Waals surface area contributed by atoms with Crippen LogP contribution in [0.1, 0.15) is 43.8 Å². The molecule has 2 aliphatic rings. The van der Waals surface area contributed by atoms with Crippen LogP contribution in [0, 0.1) is 5.92 Å². The largest absolute Gasteiger partial charge is 0.497 e. The van der Waals surface area contributed by atoms with E-state index in [9.17, 15) is 9.90 Å². The Bertz CT molecular complexity index is 518. The number of benzene rings is 1. The molecule has 0 bridgehead atoms. The predicted molar refractivity (Wildman–Crippen MR) is 88.3 cm³/mol. The minimum Gasteiger partial charge on any atom is -0.497 e. The number of carbonyl (C=O) groups excluding carboxylic acids is 1. The number of aliphatic hydroxyl groups excluding tert-OH is 1. The lowest BCUT2D eigenvalue weighted by molar-refractivity contribution is -0.123. The van der Waals surface area contributed by atoms with Crippen LogP contribution in [0.3, 0.4) is 0 Å². The van der Waals surface area contributed by atoms with Gasteiger partial charge in [0.2, 0.25) is 5.91 Å². The Hall–Kier alpha value is -1.59. The van der Waals surface area contributed by atoms with Crippen LogP contribution in [-0.4, -0.2) is 36.8 Å². The first-order valence-electron chi connectivity index (χ1n) is 8.53. The Labute approximate surface area is 137 Å². The molecule has 3 N–H and O–H groups in total. The van der Waals surface area contributed by atoms with Crippen LogP contribution in [-0.2, 0) is 4.79 Å². The number of nitrogens with one attached hydrogen (secondary N) is 2. The fourth-order valence-electron chi connectivity index (χ4n) is 3.79. The Morgan fingerprint density at radius 1 is 1.35 bits per heavy atom. The number of amides is 1. The van der Waals surface area contributed by atoms with Gasteiger partial charge in [-0.2, -0.15) is 0 Å². The van der Waals surface area contributed by atoms with Crippen LogP contribution in [0.15, 0.2) is 24.3 Å². The van der Waals surface area contributed by atoms with Crippen LogP contribution in [0.2, 0.25) is 0 Å². The topological polar surface area (TPSA) is 70.6 Å². The molecule has 5 nitrogen and oxygen atoms in total. The summed E-state index contributed by atoms with van der Waals surface area (Å²) < 4.78 is 5.10. The molecule has 5 heteroatoms. The maximum Gasteiger partial charge on any atom is 0.237 e. The van der Waals surface area contributed by atoms with Crippen molar-refractivity contribution in [2.24, 2.45) is 5.92 Å². The minimum atomic E-state index is -0.700. The summed E-state index contributed by atoms with van der Waals surface area (Å²) in [5.41, 5.74) is 0.777. The summed E-state index contributed by atoms with van der Waals surface area (Å²) in [5, 5.41) is 16.5. The molecule has 4 unspecified atom stereocenters. The molecule has 0 radical (unpaired) electrons. The van der Waals surface area contributed by atoms with Gasteiger partial charge < -0.3 is 20.5 Å². The van der Waals surface area contributed by atoms with Crippen LogP contribution < -0.4 is 15.4 Å². The third-order valence-electron chi connectivity index (χ3n) is 5.15. The van der Waals surface area contributed by atoms with E-state index in [1.165, 1.54) is 25.7 Å². The maximum atomic E-state index is 12.3. The van der Waals surface area contributed by atoms with Gasteiger partial charge in [-0.3, -0.25) is 4.79 Å². The molecule has 23 heavy (non-hydrogen) atoms. The fraction of sp³-hybridized carbons (Fsp3) is 0.611. The quantitative estimate of drug-likeness (QED) is 0.774. The number of ether oxygens (including phenoxy) is 1. The molecular weight excluding hydrogens is 292 g/mol. The van der Waals surface area contributed by atoms with Crippen molar-refractivity contribution in [3.8, 4) is 5.75 Å². The summed E-state index contributed by atoms with van der Waals surface area (Å²) in [6.07, 6.45) is 5.19. The highest BCUT2D eigenvalue weighted by Crippen LogP contribution is 2.33. The molecule has 1 aliphatic heterocycles. The van der Waals surface area contributed by atoms with Gasteiger partial charge >= 0.3 is 0 Å². The molecule has 1 saturated heterocycles. The SMILES string of the molecule is COc1ccc(C(O)CNC(=O)C2CC3CCCCC3N2)cc1. The number of rotatable bonds is 5. The van der Waals surface area contributed by atoms with E-state index in [1.54, 1.807) is 7.11 Å². The monoisotopic (exact) mass is 318 g/mol. The number of hydrogen-bond donors (Lipinski definition) is 3. The molecule has 0 aromatic heterocycles. The van der Waals surface area contributed by atoms with Crippen molar-refractivity contribution < 1.29 is 14.6 Å². The number of hydrogen-bond acceptors (Lipinski definition) is 4. The molecule has 2 fully saturated rings. The van der Waals surface area contributed by atoms with Gasteiger partial charge in [-0.05, 0) is 42.9 Å². The lowest BCUT2D eigenvalue weighted by atomic mass is 9.85. The Morgan fingerprint density at radius 3 is 2.78 bits per heavy atom.